The number of hydrogen-bond donors (Lipinski definition) is 3. The molecule has 0 spiro atoms. The van der Waals surface area contributed by atoms with Crippen molar-refractivity contribution in [2.75, 3.05) is 13.2 Å². The molecule has 0 aliphatic rings. The fourth-order valence-electron chi connectivity index (χ4n) is 1.70. The first-order chi connectivity index (χ1) is 10.1. The van der Waals surface area contributed by atoms with E-state index in [9.17, 15) is 5.11 Å². The molecule has 0 saturated carbocycles. The molecule has 1 atom stereocenters. The highest BCUT2D eigenvalue weighted by Gasteiger charge is 2.07. The van der Waals surface area contributed by atoms with Crippen LogP contribution in [0.15, 0.2) is 54.6 Å². The largest absolute Gasteiger partial charge is 0.491 e. The van der Waals surface area contributed by atoms with Gasteiger partial charge in [-0.15, -0.1) is 0 Å². The molecule has 2 aromatic carbocycles. The van der Waals surface area contributed by atoms with Crippen LogP contribution in [0.2, 0.25) is 0 Å². The molecule has 2 aromatic rings. The molecule has 0 aliphatic carbocycles. The number of aliphatic hydroxyl groups excluding tert-OH is 1. The van der Waals surface area contributed by atoms with Crippen molar-refractivity contribution in [2.24, 2.45) is 5.73 Å². The van der Waals surface area contributed by atoms with Gasteiger partial charge in [-0.1, -0.05) is 30.3 Å². The van der Waals surface area contributed by atoms with Crippen LogP contribution in [0.4, 0.5) is 0 Å². The lowest BCUT2D eigenvalue weighted by molar-refractivity contribution is 0.0626. The van der Waals surface area contributed by atoms with Crippen molar-refractivity contribution in [3.63, 3.8) is 0 Å². The van der Waals surface area contributed by atoms with Gasteiger partial charge in [-0.3, -0.25) is 5.41 Å². The average molecular weight is 286 g/mol. The van der Waals surface area contributed by atoms with E-state index in [4.69, 9.17) is 20.6 Å². The average Bonchev–Trinajstić information content (AvgIpc) is 2.52. The number of nitrogens with two attached hydrogens (primary N) is 1. The van der Waals surface area contributed by atoms with Gasteiger partial charge in [0.15, 0.2) is 0 Å². The number of rotatable bonds is 7. The molecule has 0 saturated heterocycles. The van der Waals surface area contributed by atoms with Crippen molar-refractivity contribution in [1.29, 1.82) is 5.41 Å². The second-order valence-corrected chi connectivity index (χ2v) is 4.53. The minimum absolute atomic E-state index is 0.0200. The smallest absolute Gasteiger partial charge is 0.122 e. The number of hydrogen-bond acceptors (Lipinski definition) is 4. The minimum atomic E-state index is -0.744. The molecule has 0 bridgehead atoms. The van der Waals surface area contributed by atoms with Gasteiger partial charge < -0.3 is 20.3 Å². The summed E-state index contributed by atoms with van der Waals surface area (Å²) in [5.41, 5.74) is 5.99. The number of para-hydroxylation sites is 1. The molecular formula is C16H18N2O3. The Hall–Kier alpha value is -2.53. The van der Waals surface area contributed by atoms with E-state index < -0.39 is 6.10 Å². The van der Waals surface area contributed by atoms with Crippen LogP contribution in [0.25, 0.3) is 0 Å². The maximum atomic E-state index is 9.83. The van der Waals surface area contributed by atoms with Crippen LogP contribution in [0.5, 0.6) is 11.5 Å². The van der Waals surface area contributed by atoms with Gasteiger partial charge >= 0.3 is 0 Å². The molecule has 1 unspecified atom stereocenters. The molecule has 0 aliphatic heterocycles. The summed E-state index contributed by atoms with van der Waals surface area (Å²) in [5, 5.41) is 17.2. The Balaban J connectivity index is 1.80. The molecule has 21 heavy (non-hydrogen) atoms. The van der Waals surface area contributed by atoms with Gasteiger partial charge in [-0.05, 0) is 24.3 Å². The third kappa shape index (κ3) is 4.81. The van der Waals surface area contributed by atoms with Crippen molar-refractivity contribution in [3.05, 3.63) is 60.2 Å². The van der Waals surface area contributed by atoms with Gasteiger partial charge in [0.05, 0.1) is 0 Å². The Morgan fingerprint density at radius 1 is 1.00 bits per heavy atom. The molecule has 5 nitrogen and oxygen atoms in total. The van der Waals surface area contributed by atoms with E-state index in [0.717, 1.165) is 0 Å². The van der Waals surface area contributed by atoms with Crippen LogP contribution in [-0.4, -0.2) is 30.3 Å². The van der Waals surface area contributed by atoms with E-state index >= 15 is 0 Å². The Kier molecular flexibility index (Phi) is 5.17. The van der Waals surface area contributed by atoms with Crippen molar-refractivity contribution in [2.45, 2.75) is 6.10 Å². The van der Waals surface area contributed by atoms with Gasteiger partial charge in [0.2, 0.25) is 0 Å². The summed E-state index contributed by atoms with van der Waals surface area (Å²) in [7, 11) is 0. The van der Waals surface area contributed by atoms with Gasteiger partial charge in [-0.2, -0.15) is 0 Å². The normalized spacial score (nSPS) is 11.7. The van der Waals surface area contributed by atoms with Gasteiger partial charge in [0, 0.05) is 5.56 Å². The highest BCUT2D eigenvalue weighted by molar-refractivity contribution is 5.95. The zero-order chi connectivity index (χ0) is 15.1. The summed E-state index contributed by atoms with van der Waals surface area (Å²) in [5.74, 6) is 1.24. The molecule has 110 valence electrons. The first-order valence-electron chi connectivity index (χ1n) is 6.58. The van der Waals surface area contributed by atoms with Gasteiger partial charge in [0.25, 0.3) is 0 Å². The Labute approximate surface area is 123 Å². The Morgan fingerprint density at radius 3 is 2.29 bits per heavy atom. The lowest BCUT2D eigenvalue weighted by Gasteiger charge is -2.14. The molecule has 5 heteroatoms. The minimum Gasteiger partial charge on any atom is -0.491 e. The predicted octanol–water partition coefficient (Wildman–Crippen LogP) is 1.79. The van der Waals surface area contributed by atoms with Crippen LogP contribution in [-0.2, 0) is 0 Å². The maximum Gasteiger partial charge on any atom is 0.122 e. The Morgan fingerprint density at radius 2 is 1.62 bits per heavy atom. The number of nitrogen functional groups attached to an aromatic ring is 1. The van der Waals surface area contributed by atoms with E-state index in [1.54, 1.807) is 24.3 Å². The van der Waals surface area contributed by atoms with Gasteiger partial charge in [0.1, 0.15) is 36.7 Å². The lowest BCUT2D eigenvalue weighted by atomic mass is 10.2. The quantitative estimate of drug-likeness (QED) is 0.535. The summed E-state index contributed by atoms with van der Waals surface area (Å²) in [6, 6.07) is 16.2. The number of benzene rings is 2. The second kappa shape index (κ2) is 7.31. The topological polar surface area (TPSA) is 88.6 Å². The maximum absolute atomic E-state index is 9.83. The van der Waals surface area contributed by atoms with E-state index in [2.05, 4.69) is 0 Å². The first kappa shape index (κ1) is 14.9. The fraction of sp³-hybridized carbons (Fsp3) is 0.188. The summed E-state index contributed by atoms with van der Waals surface area (Å²) in [4.78, 5) is 0. The molecule has 2 rings (SSSR count). The van der Waals surface area contributed by atoms with Crippen molar-refractivity contribution < 1.29 is 14.6 Å². The summed E-state index contributed by atoms with van der Waals surface area (Å²) >= 11 is 0. The standard InChI is InChI=1S/C16H18N2O3/c17-16(18)12-5-4-8-15(9-12)21-11-13(19)10-20-14-6-2-1-3-7-14/h1-9,13,19H,10-11H2,(H3,17,18). The van der Waals surface area contributed by atoms with E-state index in [0.29, 0.717) is 17.1 Å². The monoisotopic (exact) mass is 286 g/mol. The van der Waals surface area contributed by atoms with Crippen LogP contribution >= 0.6 is 0 Å². The van der Waals surface area contributed by atoms with Gasteiger partial charge in [-0.25, -0.2) is 0 Å². The SMILES string of the molecule is N=C(N)c1cccc(OCC(O)COc2ccccc2)c1. The summed E-state index contributed by atoms with van der Waals surface area (Å²) < 4.78 is 10.9. The first-order valence-corrected chi connectivity index (χ1v) is 6.58. The number of amidine groups is 1. The van der Waals surface area contributed by atoms with Crippen LogP contribution in [0.3, 0.4) is 0 Å². The predicted molar refractivity (Wildman–Crippen MR) is 80.9 cm³/mol. The summed E-state index contributed by atoms with van der Waals surface area (Å²) in [6.45, 7) is 0.255. The number of ether oxygens (including phenoxy) is 2. The second-order valence-electron chi connectivity index (χ2n) is 4.53. The molecule has 4 N–H and O–H groups in total. The molecular weight excluding hydrogens is 268 g/mol. The third-order valence-corrected chi connectivity index (χ3v) is 2.77. The molecule has 0 fully saturated rings. The van der Waals surface area contributed by atoms with Crippen LogP contribution < -0.4 is 15.2 Å². The van der Waals surface area contributed by atoms with E-state index in [-0.39, 0.29) is 19.0 Å². The Bertz CT molecular complexity index is 587. The summed E-state index contributed by atoms with van der Waals surface area (Å²) in [6.07, 6.45) is -0.744. The molecule has 0 heterocycles. The number of aliphatic hydroxyl groups is 1. The molecule has 0 amide bonds. The third-order valence-electron chi connectivity index (χ3n) is 2.77. The van der Waals surface area contributed by atoms with Crippen molar-refractivity contribution in [3.8, 4) is 11.5 Å². The molecule has 0 radical (unpaired) electrons. The zero-order valence-corrected chi connectivity index (χ0v) is 11.5. The number of nitrogens with one attached hydrogen (secondary N) is 1. The van der Waals surface area contributed by atoms with Crippen LogP contribution in [0.1, 0.15) is 5.56 Å². The van der Waals surface area contributed by atoms with Crippen LogP contribution in [0, 0.1) is 5.41 Å². The van der Waals surface area contributed by atoms with Crippen molar-refractivity contribution >= 4 is 5.84 Å². The van der Waals surface area contributed by atoms with Crippen molar-refractivity contribution in [1.82, 2.24) is 0 Å². The highest BCUT2D eigenvalue weighted by Crippen LogP contribution is 2.13. The van der Waals surface area contributed by atoms with E-state index in [1.165, 1.54) is 0 Å². The van der Waals surface area contributed by atoms with E-state index in [1.807, 2.05) is 30.3 Å². The highest BCUT2D eigenvalue weighted by atomic mass is 16.5. The lowest BCUT2D eigenvalue weighted by Crippen LogP contribution is -2.25. The molecule has 0 aromatic heterocycles. The fourth-order valence-corrected chi connectivity index (χ4v) is 1.70. The zero-order valence-electron chi connectivity index (χ0n) is 11.5.